The molecule has 1 aromatic carbocycles. The van der Waals surface area contributed by atoms with Crippen molar-refractivity contribution in [1.82, 2.24) is 0 Å². The molecule has 0 amide bonds. The van der Waals surface area contributed by atoms with Gasteiger partial charge in [0, 0.05) is 0 Å². The van der Waals surface area contributed by atoms with Crippen LogP contribution in [0.25, 0.3) is 0 Å². The molecule has 0 aliphatic carbocycles. The molecule has 13 heavy (non-hydrogen) atoms. The fourth-order valence-electron chi connectivity index (χ4n) is 0.800. The smallest absolute Gasteiger partial charge is 0.860 e. The minimum Gasteiger partial charge on any atom is -0.860 e. The minimum atomic E-state index is -2.24. The zero-order valence-corrected chi connectivity index (χ0v) is 14.4. The van der Waals surface area contributed by atoms with Crippen molar-refractivity contribution in [1.29, 1.82) is 0 Å². The maximum absolute atomic E-state index is 10.0. The van der Waals surface area contributed by atoms with Crippen molar-refractivity contribution in [2.45, 2.75) is 6.92 Å². The van der Waals surface area contributed by atoms with Gasteiger partial charge < -0.3 is 14.7 Å². The van der Waals surface area contributed by atoms with Crippen molar-refractivity contribution in [3.05, 3.63) is 29.8 Å². The summed E-state index contributed by atoms with van der Waals surface area (Å²) in [4.78, 5) is 0. The molecule has 0 bridgehead atoms. The van der Waals surface area contributed by atoms with Gasteiger partial charge >= 0.3 is 103 Å². The van der Waals surface area contributed by atoms with E-state index in [0.29, 0.717) is 5.75 Å². The van der Waals surface area contributed by atoms with E-state index in [2.05, 4.69) is 4.65 Å². The fourth-order valence-corrected chi connectivity index (χ4v) is 0.800. The molecule has 0 fully saturated rings. The van der Waals surface area contributed by atoms with Crippen LogP contribution in [0.3, 0.4) is 0 Å². The summed E-state index contributed by atoms with van der Waals surface area (Å²) in [5.41, 5.74) is 0.961. The number of hydrogen-bond acceptors (Lipinski definition) is 3. The molecular weight excluding hydrogens is 221 g/mol. The molecule has 1 aromatic rings. The molecule has 3 nitrogen and oxygen atoms in total. The van der Waals surface area contributed by atoms with Gasteiger partial charge in [-0.25, -0.2) is 0 Å². The van der Waals surface area contributed by atoms with Crippen LogP contribution in [-0.4, -0.2) is 7.32 Å². The SMILES string of the molecule is Cc1cccc(OB([O-])[O-])c1.[K+].[K+]. The summed E-state index contributed by atoms with van der Waals surface area (Å²) >= 11 is 0. The Labute approximate surface area is 163 Å². The fraction of sp³-hybridized carbons (Fsp3) is 0.143. The topological polar surface area (TPSA) is 55.3 Å². The van der Waals surface area contributed by atoms with Crippen molar-refractivity contribution in [2.75, 3.05) is 0 Å². The molecule has 0 aromatic heterocycles. The van der Waals surface area contributed by atoms with Gasteiger partial charge in [0.25, 0.3) is 0 Å². The summed E-state index contributed by atoms with van der Waals surface area (Å²) in [5, 5.41) is 20.1. The third-order valence-corrected chi connectivity index (χ3v) is 1.22. The molecule has 1 rings (SSSR count). The van der Waals surface area contributed by atoms with Crippen LogP contribution >= 0.6 is 0 Å². The molecule has 6 heteroatoms. The first-order chi connectivity index (χ1) is 5.18. The van der Waals surface area contributed by atoms with Crippen LogP contribution in [-0.2, 0) is 0 Å². The van der Waals surface area contributed by atoms with Gasteiger partial charge in [0.15, 0.2) is 0 Å². The first-order valence-corrected chi connectivity index (χ1v) is 3.23. The zero-order valence-electron chi connectivity index (χ0n) is 8.11. The van der Waals surface area contributed by atoms with E-state index in [1.165, 1.54) is 0 Å². The molecule has 0 N–H and O–H groups in total. The van der Waals surface area contributed by atoms with Crippen LogP contribution in [0.4, 0.5) is 0 Å². The molecular formula is C7H7BK2O3. The predicted molar refractivity (Wildman–Crippen MR) is 37.6 cm³/mol. The Balaban J connectivity index is 0. The van der Waals surface area contributed by atoms with Crippen molar-refractivity contribution < 1.29 is 117 Å². The van der Waals surface area contributed by atoms with E-state index in [4.69, 9.17) is 0 Å². The molecule has 58 valence electrons. The maximum Gasteiger partial charge on any atom is 1.00 e. The zero-order chi connectivity index (χ0) is 8.27. The van der Waals surface area contributed by atoms with Gasteiger partial charge in [-0.2, -0.15) is 0 Å². The van der Waals surface area contributed by atoms with E-state index in [9.17, 15) is 10.0 Å². The quantitative estimate of drug-likeness (QED) is 0.473. The van der Waals surface area contributed by atoms with Crippen molar-refractivity contribution in [2.24, 2.45) is 0 Å². The van der Waals surface area contributed by atoms with Gasteiger partial charge in [-0.1, -0.05) is 12.1 Å². The maximum atomic E-state index is 10.0. The Morgan fingerprint density at radius 3 is 2.31 bits per heavy atom. The molecule has 0 aliphatic rings. The molecule has 0 atom stereocenters. The third kappa shape index (κ3) is 8.12. The molecule has 0 aliphatic heterocycles. The number of hydrogen-bond donors (Lipinski definition) is 0. The molecule has 0 unspecified atom stereocenters. The Hall–Kier alpha value is 2.28. The summed E-state index contributed by atoms with van der Waals surface area (Å²) in [6.45, 7) is 1.86. The van der Waals surface area contributed by atoms with Gasteiger partial charge in [0.2, 0.25) is 0 Å². The van der Waals surface area contributed by atoms with Crippen LogP contribution in [0.15, 0.2) is 24.3 Å². The largest absolute Gasteiger partial charge is 1.00 e. The molecule has 0 saturated heterocycles. The third-order valence-electron chi connectivity index (χ3n) is 1.22. The van der Waals surface area contributed by atoms with Gasteiger partial charge in [0.1, 0.15) is 7.32 Å². The molecule has 0 spiro atoms. The van der Waals surface area contributed by atoms with Crippen LogP contribution in [0.5, 0.6) is 5.75 Å². The average Bonchev–Trinajstić information content (AvgIpc) is 1.85. The van der Waals surface area contributed by atoms with Crippen LogP contribution in [0.2, 0.25) is 0 Å². The predicted octanol–water partition coefficient (Wildman–Crippen LogP) is -6.91. The molecule has 0 heterocycles. The second kappa shape index (κ2) is 9.50. The Bertz CT molecular complexity index is 245. The van der Waals surface area contributed by atoms with E-state index < -0.39 is 7.32 Å². The number of benzene rings is 1. The number of aryl methyl sites for hydroxylation is 1. The normalized spacial score (nSPS) is 7.92. The van der Waals surface area contributed by atoms with E-state index in [-0.39, 0.29) is 103 Å². The van der Waals surface area contributed by atoms with Crippen LogP contribution in [0.1, 0.15) is 5.56 Å². The van der Waals surface area contributed by atoms with Gasteiger partial charge in [0.05, 0.1) is 5.75 Å². The first kappa shape index (κ1) is 17.7. The second-order valence-corrected chi connectivity index (χ2v) is 2.22. The average molecular weight is 228 g/mol. The Kier molecular flexibility index (Phi) is 12.9. The first-order valence-electron chi connectivity index (χ1n) is 3.23. The Morgan fingerprint density at radius 2 is 1.85 bits per heavy atom. The van der Waals surface area contributed by atoms with E-state index >= 15 is 0 Å². The van der Waals surface area contributed by atoms with E-state index in [0.717, 1.165) is 5.56 Å². The Morgan fingerprint density at radius 1 is 1.23 bits per heavy atom. The standard InChI is InChI=1S/C7H7BO3.2K/c1-6-3-2-4-7(5-6)11-8(9)10;;/h2-5H,1H3;;/q-2;2*+1. The molecule has 0 radical (unpaired) electrons. The summed E-state index contributed by atoms with van der Waals surface area (Å²) in [6, 6.07) is 6.81. The van der Waals surface area contributed by atoms with Gasteiger partial charge in [-0.15, -0.1) is 0 Å². The van der Waals surface area contributed by atoms with Crippen LogP contribution < -0.4 is 117 Å². The van der Waals surface area contributed by atoms with Crippen molar-refractivity contribution in [3.8, 4) is 5.75 Å². The summed E-state index contributed by atoms with van der Waals surface area (Å²) in [7, 11) is -2.24. The van der Waals surface area contributed by atoms with Crippen LogP contribution in [0, 0.1) is 6.92 Å². The van der Waals surface area contributed by atoms with Crippen molar-refractivity contribution >= 4 is 7.32 Å². The number of rotatable bonds is 2. The minimum absolute atomic E-state index is 0. The van der Waals surface area contributed by atoms with E-state index in [1.807, 2.05) is 13.0 Å². The summed E-state index contributed by atoms with van der Waals surface area (Å²) in [5.74, 6) is 0.333. The summed E-state index contributed by atoms with van der Waals surface area (Å²) < 4.78 is 4.38. The van der Waals surface area contributed by atoms with Gasteiger partial charge in [-0.3, -0.25) is 0 Å². The monoisotopic (exact) mass is 228 g/mol. The van der Waals surface area contributed by atoms with Gasteiger partial charge in [-0.05, 0) is 24.6 Å². The summed E-state index contributed by atoms with van der Waals surface area (Å²) in [6.07, 6.45) is 0. The van der Waals surface area contributed by atoms with E-state index in [1.54, 1.807) is 18.2 Å². The second-order valence-electron chi connectivity index (χ2n) is 2.22. The molecule has 0 saturated carbocycles. The van der Waals surface area contributed by atoms with Crippen molar-refractivity contribution in [3.63, 3.8) is 0 Å².